The third-order valence-electron chi connectivity index (χ3n) is 8.32. The Labute approximate surface area is 261 Å². The van der Waals surface area contributed by atoms with Crippen LogP contribution in [0, 0.1) is 11.7 Å². The Hall–Kier alpha value is -4.85. The number of anilines is 2. The third-order valence-corrected chi connectivity index (χ3v) is 10.3. The van der Waals surface area contributed by atoms with Gasteiger partial charge in [0.2, 0.25) is 0 Å². The lowest BCUT2D eigenvalue weighted by Gasteiger charge is -2.34. The number of nitrogens with one attached hydrogen (secondary N) is 1. The topological polar surface area (TPSA) is 133 Å². The molecule has 1 aliphatic rings. The van der Waals surface area contributed by atoms with Gasteiger partial charge in [0.25, 0.3) is 5.91 Å². The molecule has 14 heteroatoms. The SMILES string of the molecule is CS(=O)(=O)C(CCC1CC1)(c1ccncc1)c1ccc(F)c(NC(=O)c2cc(C(F)(F)F)nn2-c2ccc3ccnc(N)c3c2)c1. The fourth-order valence-corrected chi connectivity index (χ4v) is 7.36. The molecule has 1 saturated carbocycles. The van der Waals surface area contributed by atoms with E-state index in [4.69, 9.17) is 5.73 Å². The van der Waals surface area contributed by atoms with Crippen molar-refractivity contribution >= 4 is 38.0 Å². The van der Waals surface area contributed by atoms with Crippen LogP contribution < -0.4 is 11.1 Å². The summed E-state index contributed by atoms with van der Waals surface area (Å²) in [5.41, 5.74) is 4.36. The average Bonchev–Trinajstić information content (AvgIpc) is 3.72. The zero-order chi connectivity index (χ0) is 32.9. The Balaban J connectivity index is 1.44. The van der Waals surface area contributed by atoms with Crippen LogP contribution in [-0.2, 0) is 20.8 Å². The summed E-state index contributed by atoms with van der Waals surface area (Å²) in [4.78, 5) is 21.6. The Kier molecular flexibility index (Phi) is 7.79. The van der Waals surface area contributed by atoms with Gasteiger partial charge in [-0.15, -0.1) is 0 Å². The van der Waals surface area contributed by atoms with E-state index in [-0.39, 0.29) is 23.5 Å². The van der Waals surface area contributed by atoms with Crippen LogP contribution in [0.3, 0.4) is 0 Å². The predicted molar refractivity (Wildman–Crippen MR) is 164 cm³/mol. The number of alkyl halides is 3. The molecule has 0 radical (unpaired) electrons. The van der Waals surface area contributed by atoms with E-state index in [0.717, 1.165) is 29.8 Å². The predicted octanol–water partition coefficient (Wildman–Crippen LogP) is 6.29. The lowest BCUT2D eigenvalue weighted by atomic mass is 9.85. The average molecular weight is 653 g/mol. The Morgan fingerprint density at radius 2 is 1.74 bits per heavy atom. The molecule has 1 amide bonds. The normalized spacial score (nSPS) is 15.1. The molecular weight excluding hydrogens is 624 g/mol. The van der Waals surface area contributed by atoms with Crippen molar-refractivity contribution in [1.82, 2.24) is 19.7 Å². The number of rotatable bonds is 9. The summed E-state index contributed by atoms with van der Waals surface area (Å²) in [5.74, 6) is -1.53. The maximum atomic E-state index is 15.3. The highest BCUT2D eigenvalue weighted by molar-refractivity contribution is 7.91. The van der Waals surface area contributed by atoms with Crippen LogP contribution in [0.2, 0.25) is 0 Å². The van der Waals surface area contributed by atoms with E-state index in [2.05, 4.69) is 20.4 Å². The van der Waals surface area contributed by atoms with E-state index in [0.29, 0.717) is 34.7 Å². The molecule has 0 aliphatic heterocycles. The van der Waals surface area contributed by atoms with Crippen molar-refractivity contribution in [3.8, 4) is 5.69 Å². The van der Waals surface area contributed by atoms with E-state index in [9.17, 15) is 26.4 Å². The van der Waals surface area contributed by atoms with Crippen LogP contribution in [0.25, 0.3) is 16.5 Å². The molecule has 1 atom stereocenters. The number of hydrogen-bond acceptors (Lipinski definition) is 7. The fourth-order valence-electron chi connectivity index (χ4n) is 5.75. The number of nitrogen functional groups attached to an aromatic ring is 1. The van der Waals surface area contributed by atoms with E-state index in [1.807, 2.05) is 0 Å². The zero-order valence-corrected chi connectivity index (χ0v) is 25.2. The molecule has 1 fully saturated rings. The third kappa shape index (κ3) is 5.80. The van der Waals surface area contributed by atoms with Crippen molar-refractivity contribution in [2.75, 3.05) is 17.3 Å². The van der Waals surface area contributed by atoms with E-state index in [1.54, 1.807) is 24.3 Å². The maximum absolute atomic E-state index is 15.3. The molecule has 46 heavy (non-hydrogen) atoms. The van der Waals surface area contributed by atoms with Crippen LogP contribution in [-0.4, -0.2) is 40.3 Å². The first kappa shape index (κ1) is 31.1. The van der Waals surface area contributed by atoms with Crippen molar-refractivity contribution in [2.24, 2.45) is 5.92 Å². The molecule has 1 aliphatic carbocycles. The molecule has 5 aromatic rings. The standard InChI is InChI=1S/C32H28F4N6O3S/c1-46(44,45)31(12-8-19-2-3-19,21-10-13-38-14-11-21)22-5-7-25(33)26(16-22)40-30(43)27-18-28(32(34,35)36)41-42(27)23-6-4-20-9-15-39-29(37)24(20)17-23/h4-7,9-11,13-19H,2-3,8,12H2,1H3,(H2,37,39)(H,40,43). The molecular formula is C32H28F4N6O3S. The highest BCUT2D eigenvalue weighted by Crippen LogP contribution is 2.46. The molecule has 9 nitrogen and oxygen atoms in total. The molecule has 6 rings (SSSR count). The van der Waals surface area contributed by atoms with Crippen molar-refractivity contribution in [1.29, 1.82) is 0 Å². The number of nitrogens with two attached hydrogens (primary N) is 1. The number of carbonyl (C=O) groups is 1. The number of nitrogens with zero attached hydrogens (tertiary/aromatic N) is 4. The van der Waals surface area contributed by atoms with Crippen molar-refractivity contribution in [3.63, 3.8) is 0 Å². The molecule has 0 saturated heterocycles. The van der Waals surface area contributed by atoms with E-state index >= 15 is 4.39 Å². The van der Waals surface area contributed by atoms with E-state index < -0.39 is 49.6 Å². The van der Waals surface area contributed by atoms with Gasteiger partial charge >= 0.3 is 6.18 Å². The molecule has 3 aromatic heterocycles. The van der Waals surface area contributed by atoms with Gasteiger partial charge in [0.05, 0.1) is 11.4 Å². The number of pyridine rings is 2. The van der Waals surface area contributed by atoms with Gasteiger partial charge in [0.15, 0.2) is 15.5 Å². The number of halogens is 4. The minimum absolute atomic E-state index is 0.0796. The number of amides is 1. The second-order valence-corrected chi connectivity index (χ2v) is 13.6. The van der Waals surface area contributed by atoms with Gasteiger partial charge in [-0.1, -0.05) is 25.0 Å². The Bertz CT molecular complexity index is 2060. The monoisotopic (exact) mass is 652 g/mol. The number of fused-ring (bicyclic) bond motifs is 1. The maximum Gasteiger partial charge on any atom is 0.435 e. The van der Waals surface area contributed by atoms with Crippen LogP contribution in [0.1, 0.15) is 53.0 Å². The summed E-state index contributed by atoms with van der Waals surface area (Å²) in [7, 11) is -3.91. The number of carbonyl (C=O) groups excluding carboxylic acids is 1. The van der Waals surface area contributed by atoms with Crippen LogP contribution in [0.4, 0.5) is 29.1 Å². The van der Waals surface area contributed by atoms with Crippen molar-refractivity contribution in [2.45, 2.75) is 36.6 Å². The Morgan fingerprint density at radius 3 is 2.41 bits per heavy atom. The summed E-state index contributed by atoms with van der Waals surface area (Å²) in [6.07, 6.45) is 3.37. The summed E-state index contributed by atoms with van der Waals surface area (Å²) in [5, 5.41) is 7.08. The first-order valence-corrected chi connectivity index (χ1v) is 16.2. The van der Waals surface area contributed by atoms with E-state index in [1.165, 1.54) is 42.9 Å². The van der Waals surface area contributed by atoms with Gasteiger partial charge in [0, 0.05) is 36.3 Å². The van der Waals surface area contributed by atoms with Gasteiger partial charge in [-0.2, -0.15) is 18.3 Å². The number of hydrogen-bond donors (Lipinski definition) is 2. The van der Waals surface area contributed by atoms with Gasteiger partial charge in [-0.3, -0.25) is 9.78 Å². The first-order chi connectivity index (χ1) is 21.8. The largest absolute Gasteiger partial charge is 0.435 e. The molecule has 2 aromatic carbocycles. The summed E-state index contributed by atoms with van der Waals surface area (Å²) in [6.45, 7) is 0. The van der Waals surface area contributed by atoms with Crippen molar-refractivity contribution in [3.05, 3.63) is 108 Å². The summed E-state index contributed by atoms with van der Waals surface area (Å²) < 4.78 is 83.1. The molecule has 3 heterocycles. The quantitative estimate of drug-likeness (QED) is 0.179. The molecule has 0 bridgehead atoms. The molecule has 1 unspecified atom stereocenters. The summed E-state index contributed by atoms with van der Waals surface area (Å²) in [6, 6.07) is 13.5. The Morgan fingerprint density at radius 1 is 1.00 bits per heavy atom. The minimum Gasteiger partial charge on any atom is -0.383 e. The lowest BCUT2D eigenvalue weighted by Crippen LogP contribution is -2.37. The number of benzene rings is 2. The fraction of sp³-hybridized carbons (Fsp3) is 0.250. The number of sulfone groups is 1. The summed E-state index contributed by atoms with van der Waals surface area (Å²) >= 11 is 0. The van der Waals surface area contributed by atoms with Crippen LogP contribution in [0.15, 0.2) is 79.3 Å². The molecule has 0 spiro atoms. The lowest BCUT2D eigenvalue weighted by molar-refractivity contribution is -0.141. The van der Waals surface area contributed by atoms with Gasteiger partial charge in [-0.25, -0.2) is 22.5 Å². The highest BCUT2D eigenvalue weighted by atomic mass is 32.2. The van der Waals surface area contributed by atoms with Gasteiger partial charge < -0.3 is 11.1 Å². The smallest absolute Gasteiger partial charge is 0.383 e. The van der Waals surface area contributed by atoms with Crippen LogP contribution >= 0.6 is 0 Å². The van der Waals surface area contributed by atoms with Crippen molar-refractivity contribution < 1.29 is 30.8 Å². The highest BCUT2D eigenvalue weighted by Gasteiger charge is 2.45. The number of aromatic nitrogens is 4. The first-order valence-electron chi connectivity index (χ1n) is 14.3. The minimum atomic E-state index is -4.90. The second kappa shape index (κ2) is 11.5. The molecule has 3 N–H and O–H groups in total. The van der Waals surface area contributed by atoms with Crippen LogP contribution in [0.5, 0.6) is 0 Å². The second-order valence-electron chi connectivity index (χ2n) is 11.4. The van der Waals surface area contributed by atoms with Gasteiger partial charge in [-0.05, 0) is 77.7 Å². The zero-order valence-electron chi connectivity index (χ0n) is 24.4. The molecule has 238 valence electrons. The van der Waals surface area contributed by atoms with Gasteiger partial charge in [0.1, 0.15) is 22.1 Å².